The second-order valence-corrected chi connectivity index (χ2v) is 4.77. The van der Waals surface area contributed by atoms with Crippen LogP contribution in [0.4, 0.5) is 4.39 Å². The van der Waals surface area contributed by atoms with Gasteiger partial charge in [0.05, 0.1) is 12.2 Å². The Kier molecular flexibility index (Phi) is 6.02. The third-order valence-electron chi connectivity index (χ3n) is 2.77. The monoisotopic (exact) mass is 275 g/mol. The molecule has 1 rings (SSSR count). The highest BCUT2D eigenvalue weighted by Gasteiger charge is 2.28. The third kappa shape index (κ3) is 4.21. The predicted octanol–water partition coefficient (Wildman–Crippen LogP) is 2.31. The van der Waals surface area contributed by atoms with Gasteiger partial charge in [-0.3, -0.25) is 0 Å². The van der Waals surface area contributed by atoms with Crippen molar-refractivity contribution in [1.82, 2.24) is 5.32 Å². The summed E-state index contributed by atoms with van der Waals surface area (Å²) in [6.07, 6.45) is 0.372. The van der Waals surface area contributed by atoms with Crippen LogP contribution in [0.25, 0.3) is 0 Å². The summed E-state index contributed by atoms with van der Waals surface area (Å²) in [4.78, 5) is 0. The van der Waals surface area contributed by atoms with E-state index in [0.717, 1.165) is 0 Å². The van der Waals surface area contributed by atoms with Crippen molar-refractivity contribution >= 4 is 11.6 Å². The number of benzene rings is 1. The first-order chi connectivity index (χ1) is 8.49. The molecule has 0 aliphatic carbocycles. The summed E-state index contributed by atoms with van der Waals surface area (Å²) in [5, 5.41) is 13.7. The zero-order valence-electron chi connectivity index (χ0n) is 10.7. The largest absolute Gasteiger partial charge is 0.385 e. The summed E-state index contributed by atoms with van der Waals surface area (Å²) in [5.74, 6) is -0.482. The fraction of sp³-hybridized carbons (Fsp3) is 0.538. The molecular formula is C13H19ClFNO2. The highest BCUT2D eigenvalue weighted by atomic mass is 35.5. The zero-order chi connectivity index (χ0) is 13.6. The molecule has 0 heterocycles. The maximum atomic E-state index is 13.7. The molecular weight excluding hydrogens is 257 g/mol. The van der Waals surface area contributed by atoms with Gasteiger partial charge < -0.3 is 15.2 Å². The minimum atomic E-state index is -1.29. The molecule has 0 bridgehead atoms. The van der Waals surface area contributed by atoms with Crippen molar-refractivity contribution in [1.29, 1.82) is 0 Å². The summed E-state index contributed by atoms with van der Waals surface area (Å²) in [5.41, 5.74) is -1.14. The number of halogens is 2. The molecule has 3 nitrogen and oxygen atoms in total. The summed E-state index contributed by atoms with van der Waals surface area (Å²) < 4.78 is 18.6. The average Bonchev–Trinajstić information content (AvgIpc) is 2.28. The lowest BCUT2D eigenvalue weighted by Crippen LogP contribution is -2.30. The van der Waals surface area contributed by atoms with Crippen molar-refractivity contribution in [3.8, 4) is 0 Å². The van der Waals surface area contributed by atoms with Gasteiger partial charge in [0, 0.05) is 24.2 Å². The predicted molar refractivity (Wildman–Crippen MR) is 70.3 cm³/mol. The zero-order valence-corrected chi connectivity index (χ0v) is 11.4. The Labute approximate surface area is 112 Å². The van der Waals surface area contributed by atoms with E-state index in [1.165, 1.54) is 12.1 Å². The smallest absolute Gasteiger partial charge is 0.130 e. The topological polar surface area (TPSA) is 41.5 Å². The van der Waals surface area contributed by atoms with Gasteiger partial charge in [0.1, 0.15) is 5.82 Å². The molecule has 0 aliphatic heterocycles. The summed E-state index contributed by atoms with van der Waals surface area (Å²) in [6, 6.07) is 4.40. The fourth-order valence-corrected chi connectivity index (χ4v) is 2.13. The van der Waals surface area contributed by atoms with Crippen molar-refractivity contribution in [3.63, 3.8) is 0 Å². The van der Waals surface area contributed by atoms with E-state index >= 15 is 0 Å². The lowest BCUT2D eigenvalue weighted by molar-refractivity contribution is 0.0440. The number of ether oxygens (including phenoxy) is 1. The van der Waals surface area contributed by atoms with Crippen molar-refractivity contribution in [2.45, 2.75) is 18.9 Å². The molecule has 0 saturated heterocycles. The molecule has 0 aromatic heterocycles. The summed E-state index contributed by atoms with van der Waals surface area (Å²) >= 11 is 5.94. The molecule has 0 amide bonds. The molecule has 0 aliphatic rings. The number of nitrogens with one attached hydrogen (secondary N) is 1. The number of aliphatic hydroxyl groups is 1. The lowest BCUT2D eigenvalue weighted by Gasteiger charge is -2.25. The van der Waals surface area contributed by atoms with Crippen LogP contribution in [0, 0.1) is 5.82 Å². The molecule has 5 heteroatoms. The van der Waals surface area contributed by atoms with Crippen molar-refractivity contribution in [2.75, 3.05) is 26.8 Å². The molecule has 1 unspecified atom stereocenters. The standard InChI is InChI=1S/C13H19ClFNO2/c1-13(17,6-7-16-8-9-18-2)12-10(14)4-3-5-11(12)15/h3-5,16-17H,6-9H2,1-2H3. The Morgan fingerprint density at radius 3 is 2.78 bits per heavy atom. The van der Waals surface area contributed by atoms with Crippen LogP contribution in [0.1, 0.15) is 18.9 Å². The number of hydrogen-bond acceptors (Lipinski definition) is 3. The van der Waals surface area contributed by atoms with Crippen LogP contribution in [-0.4, -0.2) is 31.9 Å². The molecule has 0 radical (unpaired) electrons. The Bertz CT molecular complexity index is 365. The van der Waals surface area contributed by atoms with Gasteiger partial charge in [-0.25, -0.2) is 4.39 Å². The fourth-order valence-electron chi connectivity index (χ4n) is 1.77. The molecule has 0 spiro atoms. The third-order valence-corrected chi connectivity index (χ3v) is 3.09. The van der Waals surface area contributed by atoms with Crippen molar-refractivity contribution in [3.05, 3.63) is 34.6 Å². The molecule has 1 atom stereocenters. The van der Waals surface area contributed by atoms with Crippen LogP contribution < -0.4 is 5.32 Å². The van der Waals surface area contributed by atoms with Crippen LogP contribution in [0.15, 0.2) is 18.2 Å². The van der Waals surface area contributed by atoms with E-state index in [1.54, 1.807) is 20.1 Å². The Morgan fingerprint density at radius 2 is 2.17 bits per heavy atom. The molecule has 0 saturated carbocycles. The number of rotatable bonds is 7. The maximum absolute atomic E-state index is 13.7. The molecule has 102 valence electrons. The van der Waals surface area contributed by atoms with Crippen LogP contribution in [-0.2, 0) is 10.3 Å². The Balaban J connectivity index is 2.62. The van der Waals surface area contributed by atoms with Crippen LogP contribution in [0.2, 0.25) is 5.02 Å². The normalized spacial score (nSPS) is 14.5. The van der Waals surface area contributed by atoms with Gasteiger partial charge in [0.15, 0.2) is 0 Å². The number of hydrogen-bond donors (Lipinski definition) is 2. The summed E-state index contributed by atoms with van der Waals surface area (Å²) in [6.45, 7) is 3.41. The van der Waals surface area contributed by atoms with Gasteiger partial charge in [0.2, 0.25) is 0 Å². The van der Waals surface area contributed by atoms with E-state index in [1.807, 2.05) is 0 Å². The van der Waals surface area contributed by atoms with Gasteiger partial charge in [-0.15, -0.1) is 0 Å². The van der Waals surface area contributed by atoms with Crippen LogP contribution in [0.3, 0.4) is 0 Å². The molecule has 0 fully saturated rings. The molecule has 1 aromatic carbocycles. The van der Waals surface area contributed by atoms with Gasteiger partial charge in [0.25, 0.3) is 0 Å². The second kappa shape index (κ2) is 7.04. The molecule has 18 heavy (non-hydrogen) atoms. The van der Waals surface area contributed by atoms with Gasteiger partial charge in [-0.05, 0) is 32.0 Å². The second-order valence-electron chi connectivity index (χ2n) is 4.36. The highest BCUT2D eigenvalue weighted by Crippen LogP contribution is 2.32. The van der Waals surface area contributed by atoms with E-state index < -0.39 is 11.4 Å². The first kappa shape index (κ1) is 15.4. The van der Waals surface area contributed by atoms with Gasteiger partial charge in [-0.1, -0.05) is 17.7 Å². The number of methoxy groups -OCH3 is 1. The first-order valence-electron chi connectivity index (χ1n) is 5.85. The minimum absolute atomic E-state index is 0.153. The van der Waals surface area contributed by atoms with Gasteiger partial charge >= 0.3 is 0 Å². The van der Waals surface area contributed by atoms with Crippen LogP contribution >= 0.6 is 11.6 Å². The minimum Gasteiger partial charge on any atom is -0.385 e. The van der Waals surface area contributed by atoms with E-state index in [9.17, 15) is 9.50 Å². The van der Waals surface area contributed by atoms with E-state index in [-0.39, 0.29) is 10.6 Å². The average molecular weight is 276 g/mol. The van der Waals surface area contributed by atoms with Crippen molar-refractivity contribution < 1.29 is 14.2 Å². The van der Waals surface area contributed by atoms with E-state index in [4.69, 9.17) is 16.3 Å². The maximum Gasteiger partial charge on any atom is 0.130 e. The SMILES string of the molecule is COCCNCCC(C)(O)c1c(F)cccc1Cl. The van der Waals surface area contributed by atoms with Crippen LogP contribution in [0.5, 0.6) is 0 Å². The highest BCUT2D eigenvalue weighted by molar-refractivity contribution is 6.31. The Hall–Kier alpha value is -0.680. The Morgan fingerprint density at radius 1 is 1.44 bits per heavy atom. The van der Waals surface area contributed by atoms with E-state index in [0.29, 0.717) is 26.1 Å². The molecule has 2 N–H and O–H groups in total. The summed E-state index contributed by atoms with van der Waals surface area (Å²) in [7, 11) is 1.62. The lowest BCUT2D eigenvalue weighted by atomic mass is 9.92. The van der Waals surface area contributed by atoms with Gasteiger partial charge in [-0.2, -0.15) is 0 Å². The van der Waals surface area contributed by atoms with Crippen molar-refractivity contribution in [2.24, 2.45) is 0 Å². The van der Waals surface area contributed by atoms with E-state index in [2.05, 4.69) is 5.32 Å². The molecule has 1 aromatic rings. The quantitative estimate of drug-likeness (QED) is 0.751. The first-order valence-corrected chi connectivity index (χ1v) is 6.23.